The summed E-state index contributed by atoms with van der Waals surface area (Å²) in [5, 5.41) is 27.2. The molecule has 0 aliphatic heterocycles. The minimum atomic E-state index is -0.481. The van der Waals surface area contributed by atoms with E-state index in [2.05, 4.69) is 24.3 Å². The lowest BCUT2D eigenvalue weighted by Gasteiger charge is -2.61. The van der Waals surface area contributed by atoms with Crippen molar-refractivity contribution in [3.63, 3.8) is 0 Å². The molecule has 4 aliphatic carbocycles. The van der Waals surface area contributed by atoms with Crippen molar-refractivity contribution < 1.29 is 19.8 Å². The SMILES string of the molecule is CCNCCN(CCO)C(=O)O/N=C(\C)[C@H]1CC[C@H]2[C@@H]3CC[C@@H]4C[C@@H](O)CC[C@]4(C)[C@H]3CC[C@]12C. The lowest BCUT2D eigenvalue weighted by Crippen LogP contribution is -2.54. The zero-order valence-electron chi connectivity index (χ0n) is 22.5. The molecule has 1 amide bonds. The first-order chi connectivity index (χ1) is 16.7. The zero-order chi connectivity index (χ0) is 25.2. The van der Waals surface area contributed by atoms with Crippen LogP contribution in [0.25, 0.3) is 0 Å². The van der Waals surface area contributed by atoms with Crippen LogP contribution in [0.1, 0.15) is 85.5 Å². The molecule has 0 aromatic carbocycles. The molecule has 0 heterocycles. The zero-order valence-corrected chi connectivity index (χ0v) is 22.5. The summed E-state index contributed by atoms with van der Waals surface area (Å²) >= 11 is 0. The number of aliphatic hydroxyl groups is 2. The second-order valence-electron chi connectivity index (χ2n) is 12.4. The van der Waals surface area contributed by atoms with Gasteiger partial charge in [-0.05, 0) is 106 Å². The molecule has 4 saturated carbocycles. The Morgan fingerprint density at radius 3 is 2.54 bits per heavy atom. The predicted molar refractivity (Wildman–Crippen MR) is 138 cm³/mol. The van der Waals surface area contributed by atoms with Crippen LogP contribution in [-0.2, 0) is 4.84 Å². The van der Waals surface area contributed by atoms with E-state index >= 15 is 0 Å². The minimum absolute atomic E-state index is 0.0897. The Hall–Kier alpha value is -1.18. The molecule has 0 aromatic heterocycles. The van der Waals surface area contributed by atoms with Gasteiger partial charge in [-0.15, -0.1) is 0 Å². The molecule has 0 spiro atoms. The van der Waals surface area contributed by atoms with E-state index in [1.807, 2.05) is 13.8 Å². The van der Waals surface area contributed by atoms with Crippen LogP contribution in [0.15, 0.2) is 5.16 Å². The van der Waals surface area contributed by atoms with Gasteiger partial charge >= 0.3 is 6.09 Å². The Morgan fingerprint density at radius 2 is 1.80 bits per heavy atom. The first-order valence-electron chi connectivity index (χ1n) is 14.2. The molecule has 4 fully saturated rings. The van der Waals surface area contributed by atoms with Crippen LogP contribution in [-0.4, -0.2) is 65.8 Å². The highest BCUT2D eigenvalue weighted by molar-refractivity contribution is 5.85. The molecule has 4 rings (SSSR count). The van der Waals surface area contributed by atoms with Gasteiger partial charge in [0.05, 0.1) is 18.4 Å². The van der Waals surface area contributed by atoms with Crippen LogP contribution in [0.5, 0.6) is 0 Å². The molecular weight excluding hydrogens is 442 g/mol. The molecule has 8 atom stereocenters. The number of rotatable bonds is 8. The van der Waals surface area contributed by atoms with Gasteiger partial charge in [-0.3, -0.25) is 4.84 Å². The highest BCUT2D eigenvalue weighted by atomic mass is 16.7. The van der Waals surface area contributed by atoms with E-state index < -0.39 is 6.09 Å². The maximum atomic E-state index is 12.6. The molecule has 0 aromatic rings. The van der Waals surface area contributed by atoms with Crippen molar-refractivity contribution in [2.45, 2.75) is 91.6 Å². The maximum Gasteiger partial charge on any atom is 0.436 e. The third-order valence-corrected chi connectivity index (χ3v) is 10.8. The van der Waals surface area contributed by atoms with Gasteiger partial charge in [-0.2, -0.15) is 0 Å². The van der Waals surface area contributed by atoms with Crippen LogP contribution < -0.4 is 5.32 Å². The molecule has 35 heavy (non-hydrogen) atoms. The normalized spacial score (nSPS) is 41.0. The maximum absolute atomic E-state index is 12.6. The summed E-state index contributed by atoms with van der Waals surface area (Å²) in [6.07, 6.45) is 10.0. The van der Waals surface area contributed by atoms with Crippen molar-refractivity contribution in [3.05, 3.63) is 0 Å². The topological polar surface area (TPSA) is 94.4 Å². The van der Waals surface area contributed by atoms with Gasteiger partial charge < -0.3 is 20.4 Å². The van der Waals surface area contributed by atoms with Crippen molar-refractivity contribution >= 4 is 11.8 Å². The number of nitrogens with zero attached hydrogens (tertiary/aromatic N) is 2. The molecule has 200 valence electrons. The van der Waals surface area contributed by atoms with Crippen molar-refractivity contribution in [1.82, 2.24) is 10.2 Å². The van der Waals surface area contributed by atoms with Crippen LogP contribution >= 0.6 is 0 Å². The Morgan fingerprint density at radius 1 is 1.06 bits per heavy atom. The second kappa shape index (κ2) is 11.1. The number of aliphatic hydroxyl groups excluding tert-OH is 2. The van der Waals surface area contributed by atoms with Gasteiger partial charge in [-0.25, -0.2) is 4.79 Å². The number of amides is 1. The highest BCUT2D eigenvalue weighted by Crippen LogP contribution is 2.67. The molecule has 0 radical (unpaired) electrons. The number of nitrogens with one attached hydrogen (secondary N) is 1. The van der Waals surface area contributed by atoms with Crippen LogP contribution in [0.4, 0.5) is 4.79 Å². The third-order valence-electron chi connectivity index (χ3n) is 10.8. The van der Waals surface area contributed by atoms with E-state index in [9.17, 15) is 15.0 Å². The van der Waals surface area contributed by atoms with Crippen LogP contribution in [0.3, 0.4) is 0 Å². The predicted octanol–water partition coefficient (Wildman–Crippen LogP) is 4.42. The summed E-state index contributed by atoms with van der Waals surface area (Å²) in [5.74, 6) is 3.31. The molecule has 7 heteroatoms. The van der Waals surface area contributed by atoms with Crippen molar-refractivity contribution in [2.75, 3.05) is 32.8 Å². The average molecular weight is 492 g/mol. The number of oxime groups is 1. The molecule has 0 unspecified atom stereocenters. The van der Waals surface area contributed by atoms with Gasteiger partial charge in [0.25, 0.3) is 0 Å². The van der Waals surface area contributed by atoms with E-state index in [4.69, 9.17) is 4.84 Å². The van der Waals surface area contributed by atoms with Gasteiger partial charge in [-0.1, -0.05) is 25.9 Å². The minimum Gasteiger partial charge on any atom is -0.395 e. The van der Waals surface area contributed by atoms with E-state index in [1.54, 1.807) is 0 Å². The number of fused-ring (bicyclic) bond motifs is 5. The van der Waals surface area contributed by atoms with Gasteiger partial charge in [0.1, 0.15) is 0 Å². The van der Waals surface area contributed by atoms with E-state index in [0.29, 0.717) is 36.3 Å². The lowest BCUT2D eigenvalue weighted by atomic mass is 9.44. The first-order valence-corrected chi connectivity index (χ1v) is 14.2. The number of carbonyl (C=O) groups excluding carboxylic acids is 1. The quantitative estimate of drug-likeness (QED) is 0.202. The summed E-state index contributed by atoms with van der Waals surface area (Å²) in [6, 6.07) is 0. The van der Waals surface area contributed by atoms with Crippen LogP contribution in [0.2, 0.25) is 0 Å². The number of hydrogen-bond acceptors (Lipinski definition) is 6. The van der Waals surface area contributed by atoms with Crippen LogP contribution in [0, 0.1) is 40.4 Å². The largest absolute Gasteiger partial charge is 0.436 e. The van der Waals surface area contributed by atoms with E-state index in [0.717, 1.165) is 43.4 Å². The number of likely N-dealkylation sites (N-methyl/N-ethyl adjacent to an activating group) is 1. The van der Waals surface area contributed by atoms with E-state index in [-0.39, 0.29) is 24.7 Å². The van der Waals surface area contributed by atoms with Crippen molar-refractivity contribution in [3.8, 4) is 0 Å². The van der Waals surface area contributed by atoms with Gasteiger partial charge in [0, 0.05) is 25.6 Å². The highest BCUT2D eigenvalue weighted by Gasteiger charge is 2.60. The molecule has 3 N–H and O–H groups in total. The first kappa shape index (κ1) is 26.9. The molecular formula is C28H49N3O4. The average Bonchev–Trinajstić information content (AvgIpc) is 3.19. The Balaban J connectivity index is 1.41. The summed E-state index contributed by atoms with van der Waals surface area (Å²) in [6.45, 7) is 11.2. The molecule has 0 saturated heterocycles. The second-order valence-corrected chi connectivity index (χ2v) is 12.4. The molecule has 0 bridgehead atoms. The number of hydrogen-bond donors (Lipinski definition) is 3. The Labute approximate surface area is 212 Å². The fourth-order valence-electron chi connectivity index (χ4n) is 8.96. The molecule has 7 nitrogen and oxygen atoms in total. The Bertz CT molecular complexity index is 775. The fourth-order valence-corrected chi connectivity index (χ4v) is 8.96. The molecule has 4 aliphatic rings. The fraction of sp³-hybridized carbons (Fsp3) is 0.929. The standard InChI is InChI=1S/C28H49N3O4/c1-5-29-14-15-31(16-17-32)26(34)35-30-19(2)23-8-9-24-22-7-6-20-18-21(33)10-12-27(20,3)25(22)11-13-28(23,24)4/h20-25,29,32-33H,5-18H2,1-4H3/b30-19+/t20-,21+,22+,23-,24+,25+,27+,28-/m1/s1. The summed E-state index contributed by atoms with van der Waals surface area (Å²) in [4.78, 5) is 19.5. The summed E-state index contributed by atoms with van der Waals surface area (Å²) in [5.41, 5.74) is 1.55. The third kappa shape index (κ3) is 5.15. The smallest absolute Gasteiger partial charge is 0.395 e. The van der Waals surface area contributed by atoms with Crippen molar-refractivity contribution in [2.24, 2.45) is 45.6 Å². The monoisotopic (exact) mass is 491 g/mol. The summed E-state index contributed by atoms with van der Waals surface area (Å²) < 4.78 is 0. The summed E-state index contributed by atoms with van der Waals surface area (Å²) in [7, 11) is 0. The Kier molecular flexibility index (Phi) is 8.49. The lowest BCUT2D eigenvalue weighted by molar-refractivity contribution is -0.123. The number of carbonyl (C=O) groups is 1. The van der Waals surface area contributed by atoms with Gasteiger partial charge in [0.2, 0.25) is 0 Å². The van der Waals surface area contributed by atoms with Crippen molar-refractivity contribution in [1.29, 1.82) is 0 Å². The van der Waals surface area contributed by atoms with E-state index in [1.165, 1.54) is 43.4 Å². The van der Waals surface area contributed by atoms with Gasteiger partial charge in [0.15, 0.2) is 0 Å².